The van der Waals surface area contributed by atoms with Crippen molar-refractivity contribution in [1.29, 1.82) is 0 Å². The topological polar surface area (TPSA) is 75.3 Å². The summed E-state index contributed by atoms with van der Waals surface area (Å²) in [6.45, 7) is 1.87. The smallest absolute Gasteiger partial charge is 0.261 e. The Labute approximate surface area is 163 Å². The van der Waals surface area contributed by atoms with Crippen molar-refractivity contribution >= 4 is 21.6 Å². The van der Waals surface area contributed by atoms with E-state index in [1.807, 2.05) is 37.3 Å². The summed E-state index contributed by atoms with van der Waals surface area (Å²) >= 11 is 0. The standard InChI is InChI=1S/C21H19FN2O3S/c1-15(16-7-3-2-4-8-16)23-21(25)17-11-13-18(14-12-17)28(26,27)24-20-10-6-5-9-19(20)22/h2-15,24H,1H3,(H,23,25)/t15-/m1/s1. The van der Waals surface area contributed by atoms with Gasteiger partial charge in [0.2, 0.25) is 0 Å². The molecular weight excluding hydrogens is 379 g/mol. The van der Waals surface area contributed by atoms with Gasteiger partial charge in [-0.3, -0.25) is 9.52 Å². The molecule has 0 saturated heterocycles. The van der Waals surface area contributed by atoms with Crippen LogP contribution in [0.4, 0.5) is 10.1 Å². The fourth-order valence-electron chi connectivity index (χ4n) is 2.64. The first-order chi connectivity index (χ1) is 13.4. The highest BCUT2D eigenvalue weighted by atomic mass is 32.2. The summed E-state index contributed by atoms with van der Waals surface area (Å²) < 4.78 is 40.7. The predicted molar refractivity (Wildman–Crippen MR) is 106 cm³/mol. The maximum Gasteiger partial charge on any atom is 0.261 e. The SMILES string of the molecule is C[C@@H](NC(=O)c1ccc(S(=O)(=O)Nc2ccccc2F)cc1)c1ccccc1. The molecule has 0 aromatic heterocycles. The van der Waals surface area contributed by atoms with Crippen molar-refractivity contribution < 1.29 is 17.6 Å². The van der Waals surface area contributed by atoms with E-state index in [0.29, 0.717) is 5.56 Å². The van der Waals surface area contributed by atoms with Crippen LogP contribution in [0.25, 0.3) is 0 Å². The molecule has 0 bridgehead atoms. The number of nitrogens with one attached hydrogen (secondary N) is 2. The second-order valence-corrected chi connectivity index (χ2v) is 7.90. The Balaban J connectivity index is 1.72. The summed E-state index contributed by atoms with van der Waals surface area (Å²) in [7, 11) is -3.97. The number of hydrogen-bond acceptors (Lipinski definition) is 3. The van der Waals surface area contributed by atoms with Gasteiger partial charge in [0.25, 0.3) is 15.9 Å². The highest BCUT2D eigenvalue weighted by Gasteiger charge is 2.17. The van der Waals surface area contributed by atoms with E-state index < -0.39 is 15.8 Å². The largest absolute Gasteiger partial charge is 0.346 e. The maximum atomic E-state index is 13.7. The van der Waals surface area contributed by atoms with Crippen LogP contribution >= 0.6 is 0 Å². The minimum atomic E-state index is -3.97. The van der Waals surface area contributed by atoms with Crippen LogP contribution in [0.1, 0.15) is 28.9 Å². The van der Waals surface area contributed by atoms with E-state index in [9.17, 15) is 17.6 Å². The van der Waals surface area contributed by atoms with Crippen molar-refractivity contribution in [1.82, 2.24) is 5.32 Å². The number of hydrogen-bond donors (Lipinski definition) is 2. The Morgan fingerprint density at radius 3 is 2.14 bits per heavy atom. The molecule has 0 unspecified atom stereocenters. The molecule has 3 rings (SSSR count). The third kappa shape index (κ3) is 4.55. The first-order valence-electron chi connectivity index (χ1n) is 8.60. The normalized spacial score (nSPS) is 12.2. The first kappa shape index (κ1) is 19.6. The summed E-state index contributed by atoms with van der Waals surface area (Å²) in [6.07, 6.45) is 0. The second kappa shape index (κ2) is 8.22. The molecule has 0 radical (unpaired) electrons. The number of halogens is 1. The van der Waals surface area contributed by atoms with Gasteiger partial charge in [-0.2, -0.15) is 0 Å². The van der Waals surface area contributed by atoms with E-state index in [1.54, 1.807) is 0 Å². The molecule has 0 aliphatic heterocycles. The van der Waals surface area contributed by atoms with Crippen LogP contribution in [0, 0.1) is 5.82 Å². The minimum absolute atomic E-state index is 0.0663. The first-order valence-corrected chi connectivity index (χ1v) is 10.1. The Kier molecular flexibility index (Phi) is 5.75. The minimum Gasteiger partial charge on any atom is -0.346 e. The summed E-state index contributed by atoms with van der Waals surface area (Å²) in [5.41, 5.74) is 1.15. The van der Waals surface area contributed by atoms with Crippen LogP contribution < -0.4 is 10.0 Å². The Bertz CT molecular complexity index is 1070. The van der Waals surface area contributed by atoms with E-state index in [0.717, 1.165) is 5.56 Å². The van der Waals surface area contributed by atoms with Crippen LogP contribution in [0.5, 0.6) is 0 Å². The van der Waals surface area contributed by atoms with E-state index in [-0.39, 0.29) is 22.5 Å². The summed E-state index contributed by atoms with van der Waals surface area (Å²) in [5.74, 6) is -0.987. The number of rotatable bonds is 6. The number of benzene rings is 3. The monoisotopic (exact) mass is 398 g/mol. The number of carbonyl (C=O) groups is 1. The van der Waals surface area contributed by atoms with Gasteiger partial charge in [0.1, 0.15) is 5.82 Å². The van der Waals surface area contributed by atoms with Crippen LogP contribution in [0.15, 0.2) is 83.8 Å². The number of sulfonamides is 1. The Hall–Kier alpha value is -3.19. The number of carbonyl (C=O) groups excluding carboxylic acids is 1. The maximum absolute atomic E-state index is 13.7. The fourth-order valence-corrected chi connectivity index (χ4v) is 3.71. The third-order valence-corrected chi connectivity index (χ3v) is 5.57. The lowest BCUT2D eigenvalue weighted by Crippen LogP contribution is -2.26. The van der Waals surface area contributed by atoms with Crippen molar-refractivity contribution in [2.45, 2.75) is 17.9 Å². The van der Waals surface area contributed by atoms with Gasteiger partial charge in [-0.25, -0.2) is 12.8 Å². The molecule has 1 atom stereocenters. The van der Waals surface area contributed by atoms with Gasteiger partial charge >= 0.3 is 0 Å². The van der Waals surface area contributed by atoms with Crippen LogP contribution in [0.2, 0.25) is 0 Å². The molecule has 0 spiro atoms. The van der Waals surface area contributed by atoms with E-state index >= 15 is 0 Å². The van der Waals surface area contributed by atoms with E-state index in [1.165, 1.54) is 48.5 Å². The van der Waals surface area contributed by atoms with Crippen LogP contribution in [0.3, 0.4) is 0 Å². The Morgan fingerprint density at radius 1 is 0.893 bits per heavy atom. The van der Waals surface area contributed by atoms with E-state index in [2.05, 4.69) is 10.0 Å². The molecule has 2 N–H and O–H groups in total. The van der Waals surface area contributed by atoms with Gasteiger partial charge in [-0.15, -0.1) is 0 Å². The molecule has 0 saturated carbocycles. The molecular formula is C21H19FN2O3S. The zero-order chi connectivity index (χ0) is 20.1. The molecule has 28 heavy (non-hydrogen) atoms. The molecule has 5 nitrogen and oxygen atoms in total. The quantitative estimate of drug-likeness (QED) is 0.656. The molecule has 1 amide bonds. The van der Waals surface area contributed by atoms with Gasteiger partial charge in [0, 0.05) is 5.56 Å². The lowest BCUT2D eigenvalue weighted by molar-refractivity contribution is 0.0940. The zero-order valence-corrected chi connectivity index (χ0v) is 15.9. The molecule has 0 aliphatic rings. The number of para-hydroxylation sites is 1. The van der Waals surface area contributed by atoms with Gasteiger partial charge < -0.3 is 5.32 Å². The highest BCUT2D eigenvalue weighted by Crippen LogP contribution is 2.19. The van der Waals surface area contributed by atoms with Gasteiger partial charge in [0.15, 0.2) is 0 Å². The van der Waals surface area contributed by atoms with Crippen molar-refractivity contribution in [3.05, 3.63) is 95.8 Å². The fraction of sp³-hybridized carbons (Fsp3) is 0.0952. The van der Waals surface area contributed by atoms with Gasteiger partial charge in [-0.1, -0.05) is 42.5 Å². The van der Waals surface area contributed by atoms with Gasteiger partial charge in [0.05, 0.1) is 16.6 Å². The summed E-state index contributed by atoms with van der Waals surface area (Å²) in [4.78, 5) is 12.3. The second-order valence-electron chi connectivity index (χ2n) is 6.22. The van der Waals surface area contributed by atoms with Crippen molar-refractivity contribution in [3.63, 3.8) is 0 Å². The van der Waals surface area contributed by atoms with Gasteiger partial charge in [-0.05, 0) is 48.9 Å². The molecule has 0 heterocycles. The molecule has 144 valence electrons. The molecule has 7 heteroatoms. The molecule has 0 fully saturated rings. The van der Waals surface area contributed by atoms with Crippen molar-refractivity contribution in [2.24, 2.45) is 0 Å². The molecule has 3 aromatic carbocycles. The van der Waals surface area contributed by atoms with E-state index in [4.69, 9.17) is 0 Å². The number of anilines is 1. The average molecular weight is 398 g/mol. The Morgan fingerprint density at radius 2 is 1.50 bits per heavy atom. The van der Waals surface area contributed by atoms with Crippen LogP contribution in [-0.4, -0.2) is 14.3 Å². The summed E-state index contributed by atoms with van der Waals surface area (Å²) in [5, 5.41) is 2.86. The predicted octanol–water partition coefficient (Wildman–Crippen LogP) is 4.12. The lowest BCUT2D eigenvalue weighted by atomic mass is 10.1. The number of amides is 1. The summed E-state index contributed by atoms with van der Waals surface area (Å²) in [6, 6.07) is 20.3. The average Bonchev–Trinajstić information content (AvgIpc) is 2.70. The molecule has 3 aromatic rings. The van der Waals surface area contributed by atoms with Crippen LogP contribution in [-0.2, 0) is 10.0 Å². The highest BCUT2D eigenvalue weighted by molar-refractivity contribution is 7.92. The van der Waals surface area contributed by atoms with Crippen molar-refractivity contribution in [2.75, 3.05) is 4.72 Å². The zero-order valence-electron chi connectivity index (χ0n) is 15.1. The third-order valence-electron chi connectivity index (χ3n) is 4.19. The van der Waals surface area contributed by atoms with Crippen molar-refractivity contribution in [3.8, 4) is 0 Å². The molecule has 0 aliphatic carbocycles. The lowest BCUT2D eigenvalue weighted by Gasteiger charge is -2.14.